The minimum absolute atomic E-state index is 0.0127. The quantitative estimate of drug-likeness (QED) is 0.731. The van der Waals surface area contributed by atoms with Crippen LogP contribution in [0.4, 0.5) is 0 Å². The molecule has 166 valence electrons. The number of hydrogen-bond acceptors (Lipinski definition) is 6. The van der Waals surface area contributed by atoms with E-state index in [1.54, 1.807) is 17.0 Å². The molecule has 0 bridgehead atoms. The number of nitrogens with one attached hydrogen (secondary N) is 1. The van der Waals surface area contributed by atoms with Crippen molar-refractivity contribution in [3.05, 3.63) is 23.8 Å². The number of nitrogens with zero attached hydrogens (tertiary/aromatic N) is 1. The van der Waals surface area contributed by atoms with Crippen molar-refractivity contribution in [3.8, 4) is 5.75 Å². The third-order valence-electron chi connectivity index (χ3n) is 6.15. The highest BCUT2D eigenvalue weighted by atomic mass is 32.2. The Morgan fingerprint density at radius 1 is 1.13 bits per heavy atom. The molecule has 1 atom stereocenters. The fraction of sp³-hybridized carbons (Fsp3) is 0.667. The van der Waals surface area contributed by atoms with Crippen LogP contribution in [0.25, 0.3) is 0 Å². The topological polar surface area (TPSA) is 94.2 Å². The van der Waals surface area contributed by atoms with E-state index < -0.39 is 10.0 Å². The van der Waals surface area contributed by atoms with E-state index in [1.165, 1.54) is 13.2 Å². The van der Waals surface area contributed by atoms with Crippen LogP contribution in [0.1, 0.15) is 48.9 Å². The smallest absolute Gasteiger partial charge is 0.253 e. The van der Waals surface area contributed by atoms with Gasteiger partial charge in [0.05, 0.1) is 20.3 Å². The van der Waals surface area contributed by atoms with Crippen LogP contribution in [0.5, 0.6) is 5.75 Å². The van der Waals surface area contributed by atoms with Gasteiger partial charge in [-0.3, -0.25) is 4.79 Å². The van der Waals surface area contributed by atoms with Crippen LogP contribution in [0, 0.1) is 5.92 Å². The summed E-state index contributed by atoms with van der Waals surface area (Å²) >= 11 is 0. The maximum Gasteiger partial charge on any atom is 0.253 e. The highest BCUT2D eigenvalue weighted by Gasteiger charge is 2.34. The van der Waals surface area contributed by atoms with Crippen molar-refractivity contribution in [2.45, 2.75) is 55.8 Å². The van der Waals surface area contributed by atoms with Crippen LogP contribution in [0.15, 0.2) is 23.1 Å². The van der Waals surface area contributed by atoms with E-state index in [1.807, 2.05) is 0 Å². The summed E-state index contributed by atoms with van der Waals surface area (Å²) in [5.41, 5.74) is 0.344. The summed E-state index contributed by atoms with van der Waals surface area (Å²) in [7, 11) is -2.35. The van der Waals surface area contributed by atoms with Crippen molar-refractivity contribution in [2.75, 3.05) is 33.4 Å². The molecular formula is C21H30N2O6S. The first-order valence-corrected chi connectivity index (χ1v) is 12.2. The number of carbonyl (C=O) groups excluding carboxylic acids is 1. The van der Waals surface area contributed by atoms with E-state index in [4.69, 9.17) is 14.2 Å². The molecule has 1 aromatic carbocycles. The Morgan fingerprint density at radius 2 is 1.87 bits per heavy atom. The lowest BCUT2D eigenvalue weighted by Gasteiger charge is -2.34. The first kappa shape index (κ1) is 21.5. The van der Waals surface area contributed by atoms with E-state index in [2.05, 4.69) is 4.72 Å². The lowest BCUT2D eigenvalue weighted by Crippen LogP contribution is -2.43. The Kier molecular flexibility index (Phi) is 6.62. The Hall–Kier alpha value is -1.68. The fourth-order valence-corrected chi connectivity index (χ4v) is 6.09. The number of ether oxygens (including phenoxy) is 3. The maximum absolute atomic E-state index is 13.2. The molecule has 1 unspecified atom stereocenters. The number of likely N-dealkylation sites (tertiary alicyclic amines) is 1. The summed E-state index contributed by atoms with van der Waals surface area (Å²) in [6.45, 7) is 2.35. The lowest BCUT2D eigenvalue weighted by molar-refractivity contribution is -0.0969. The van der Waals surface area contributed by atoms with Gasteiger partial charge in [0.15, 0.2) is 6.29 Å². The molecule has 1 aromatic rings. The zero-order valence-electron chi connectivity index (χ0n) is 17.3. The molecule has 1 saturated carbocycles. The maximum atomic E-state index is 13.2. The molecule has 1 N–H and O–H groups in total. The highest BCUT2D eigenvalue weighted by Crippen LogP contribution is 2.29. The Bertz CT molecular complexity index is 862. The third kappa shape index (κ3) is 4.64. The summed E-state index contributed by atoms with van der Waals surface area (Å²) in [4.78, 5) is 15.0. The van der Waals surface area contributed by atoms with E-state index in [9.17, 15) is 13.2 Å². The largest absolute Gasteiger partial charge is 0.495 e. The van der Waals surface area contributed by atoms with Crippen LogP contribution < -0.4 is 9.46 Å². The van der Waals surface area contributed by atoms with Gasteiger partial charge in [0.1, 0.15) is 10.6 Å². The van der Waals surface area contributed by atoms with E-state index in [0.29, 0.717) is 31.9 Å². The average Bonchev–Trinajstić information content (AvgIpc) is 3.47. The van der Waals surface area contributed by atoms with Gasteiger partial charge in [0, 0.05) is 30.6 Å². The van der Waals surface area contributed by atoms with Crippen molar-refractivity contribution in [1.82, 2.24) is 9.62 Å². The molecule has 30 heavy (non-hydrogen) atoms. The van der Waals surface area contributed by atoms with Crippen molar-refractivity contribution in [1.29, 1.82) is 0 Å². The number of piperidine rings is 1. The predicted octanol–water partition coefficient (Wildman–Crippen LogP) is 2.14. The van der Waals surface area contributed by atoms with Gasteiger partial charge in [0.25, 0.3) is 5.91 Å². The SMILES string of the molecule is COc1ccc(C(=O)N2CCCC(C3OCCO3)C2)cc1S(=O)(=O)NC1CCCC1. The van der Waals surface area contributed by atoms with Crippen LogP contribution in [0.3, 0.4) is 0 Å². The lowest BCUT2D eigenvalue weighted by atomic mass is 9.96. The zero-order valence-corrected chi connectivity index (χ0v) is 18.2. The van der Waals surface area contributed by atoms with Gasteiger partial charge in [-0.25, -0.2) is 13.1 Å². The van der Waals surface area contributed by atoms with Gasteiger partial charge in [-0.1, -0.05) is 12.8 Å². The van der Waals surface area contributed by atoms with Crippen LogP contribution in [-0.2, 0) is 19.5 Å². The van der Waals surface area contributed by atoms with Crippen LogP contribution in [-0.4, -0.2) is 65.0 Å². The van der Waals surface area contributed by atoms with Crippen LogP contribution >= 0.6 is 0 Å². The van der Waals surface area contributed by atoms with Gasteiger partial charge in [-0.05, 0) is 43.9 Å². The van der Waals surface area contributed by atoms with Crippen molar-refractivity contribution >= 4 is 15.9 Å². The molecule has 3 fully saturated rings. The summed E-state index contributed by atoms with van der Waals surface area (Å²) in [6, 6.07) is 4.56. The molecule has 0 aromatic heterocycles. The fourth-order valence-electron chi connectivity index (χ4n) is 4.59. The Balaban J connectivity index is 1.53. The number of amides is 1. The molecule has 0 spiro atoms. The summed E-state index contributed by atoms with van der Waals surface area (Å²) in [5.74, 6) is 0.190. The second-order valence-electron chi connectivity index (χ2n) is 8.23. The zero-order chi connectivity index (χ0) is 21.1. The van der Waals surface area contributed by atoms with E-state index in [-0.39, 0.29) is 34.8 Å². The highest BCUT2D eigenvalue weighted by molar-refractivity contribution is 7.89. The van der Waals surface area contributed by atoms with Crippen molar-refractivity contribution in [3.63, 3.8) is 0 Å². The molecule has 2 aliphatic heterocycles. The minimum atomic E-state index is -3.78. The van der Waals surface area contributed by atoms with E-state index in [0.717, 1.165) is 38.5 Å². The Morgan fingerprint density at radius 3 is 2.57 bits per heavy atom. The monoisotopic (exact) mass is 438 g/mol. The summed E-state index contributed by atoms with van der Waals surface area (Å²) in [6.07, 6.45) is 5.26. The predicted molar refractivity (Wildman–Crippen MR) is 110 cm³/mol. The summed E-state index contributed by atoms with van der Waals surface area (Å²) in [5, 5.41) is 0. The number of carbonyl (C=O) groups is 1. The van der Waals surface area contributed by atoms with Gasteiger partial charge in [0.2, 0.25) is 10.0 Å². The van der Waals surface area contributed by atoms with E-state index >= 15 is 0 Å². The van der Waals surface area contributed by atoms with Crippen LogP contribution in [0.2, 0.25) is 0 Å². The number of methoxy groups -OCH3 is 1. The third-order valence-corrected chi connectivity index (χ3v) is 7.70. The standard InChI is InChI=1S/C21H30N2O6S/c1-27-18-9-8-15(13-19(18)30(25,26)22-17-6-2-3-7-17)20(24)23-10-4-5-16(14-23)21-28-11-12-29-21/h8-9,13,16-17,21-22H,2-7,10-12,14H2,1H3. The first-order valence-electron chi connectivity index (χ1n) is 10.7. The second-order valence-corrected chi connectivity index (χ2v) is 9.91. The molecule has 1 amide bonds. The molecule has 3 aliphatic rings. The van der Waals surface area contributed by atoms with Crippen molar-refractivity contribution < 1.29 is 27.4 Å². The van der Waals surface area contributed by atoms with Gasteiger partial charge < -0.3 is 19.1 Å². The number of sulfonamides is 1. The van der Waals surface area contributed by atoms with Gasteiger partial charge in [-0.15, -0.1) is 0 Å². The average molecular weight is 439 g/mol. The first-order chi connectivity index (χ1) is 14.5. The Labute approximate surface area is 177 Å². The normalized spacial score (nSPS) is 23.8. The van der Waals surface area contributed by atoms with Crippen molar-refractivity contribution in [2.24, 2.45) is 5.92 Å². The second kappa shape index (κ2) is 9.21. The summed E-state index contributed by atoms with van der Waals surface area (Å²) < 4.78 is 45.3. The van der Waals surface area contributed by atoms with Gasteiger partial charge >= 0.3 is 0 Å². The molecule has 8 nitrogen and oxygen atoms in total. The molecule has 2 saturated heterocycles. The molecule has 2 heterocycles. The molecule has 9 heteroatoms. The number of rotatable bonds is 6. The number of hydrogen-bond donors (Lipinski definition) is 1. The molecule has 4 rings (SSSR count). The molecule has 0 radical (unpaired) electrons. The molecular weight excluding hydrogens is 408 g/mol. The number of benzene rings is 1. The molecule has 1 aliphatic carbocycles. The minimum Gasteiger partial charge on any atom is -0.495 e. The van der Waals surface area contributed by atoms with Gasteiger partial charge in [-0.2, -0.15) is 0 Å².